The summed E-state index contributed by atoms with van der Waals surface area (Å²) in [6, 6.07) is 5.76. The van der Waals surface area contributed by atoms with E-state index in [1.165, 1.54) is 0 Å². The fourth-order valence-electron chi connectivity index (χ4n) is 3.98. The van der Waals surface area contributed by atoms with E-state index in [1.54, 1.807) is 0 Å². The predicted octanol–water partition coefficient (Wildman–Crippen LogP) is 1.97. The van der Waals surface area contributed by atoms with Crippen LogP contribution in [0.2, 0.25) is 0 Å². The second-order valence-corrected chi connectivity index (χ2v) is 7.39. The van der Waals surface area contributed by atoms with Gasteiger partial charge >= 0.3 is 0 Å². The monoisotopic (exact) mass is 370 g/mol. The third-order valence-electron chi connectivity index (χ3n) is 5.40. The predicted molar refractivity (Wildman–Crippen MR) is 101 cm³/mol. The Morgan fingerprint density at radius 2 is 2.15 bits per heavy atom. The van der Waals surface area contributed by atoms with Gasteiger partial charge in [-0.2, -0.15) is 0 Å². The number of imidazole rings is 1. The first-order valence-corrected chi connectivity index (χ1v) is 9.45. The number of carbonyl (C=O) groups excluding carboxylic acids is 1. The summed E-state index contributed by atoms with van der Waals surface area (Å²) in [6.07, 6.45) is 0.865. The number of benzene rings is 1. The highest BCUT2D eigenvalue weighted by atomic mass is 16.7. The van der Waals surface area contributed by atoms with Gasteiger partial charge in [-0.25, -0.2) is 4.98 Å². The zero-order valence-corrected chi connectivity index (χ0v) is 16.0. The van der Waals surface area contributed by atoms with Crippen LogP contribution in [-0.4, -0.2) is 47.7 Å². The van der Waals surface area contributed by atoms with Gasteiger partial charge < -0.3 is 24.7 Å². The highest BCUT2D eigenvalue weighted by Crippen LogP contribution is 2.34. The largest absolute Gasteiger partial charge is 0.454 e. The molecule has 1 aromatic carbocycles. The molecule has 7 heteroatoms. The molecular formula is C20H26N4O3. The molecule has 0 aliphatic carbocycles. The molecule has 2 aliphatic rings. The molecule has 2 aliphatic heterocycles. The molecule has 1 amide bonds. The van der Waals surface area contributed by atoms with Gasteiger partial charge in [0.1, 0.15) is 5.82 Å². The van der Waals surface area contributed by atoms with Crippen molar-refractivity contribution >= 4 is 5.91 Å². The summed E-state index contributed by atoms with van der Waals surface area (Å²) in [6.45, 7) is 6.44. The van der Waals surface area contributed by atoms with E-state index in [-0.39, 0.29) is 24.5 Å². The molecule has 144 valence electrons. The number of nitrogens with one attached hydrogen (secondary N) is 2. The van der Waals surface area contributed by atoms with Crippen molar-refractivity contribution in [1.82, 2.24) is 20.2 Å². The molecule has 0 spiro atoms. The summed E-state index contributed by atoms with van der Waals surface area (Å²) in [7, 11) is 2.06. The molecule has 0 unspecified atom stereocenters. The third-order valence-corrected chi connectivity index (χ3v) is 5.40. The smallest absolute Gasteiger partial charge is 0.231 e. The summed E-state index contributed by atoms with van der Waals surface area (Å²) in [5.41, 5.74) is 3.10. The molecule has 2 atom stereocenters. The summed E-state index contributed by atoms with van der Waals surface area (Å²) in [5, 5.41) is 3.09. The Morgan fingerprint density at radius 3 is 2.93 bits per heavy atom. The molecule has 2 N–H and O–H groups in total. The number of hydrogen-bond donors (Lipinski definition) is 2. The number of likely N-dealkylation sites (N-methyl/N-ethyl adjacent to an activating group) is 1. The van der Waals surface area contributed by atoms with Crippen molar-refractivity contribution in [2.24, 2.45) is 5.92 Å². The summed E-state index contributed by atoms with van der Waals surface area (Å²) in [5.74, 6) is 2.56. The van der Waals surface area contributed by atoms with Crippen LogP contribution in [0, 0.1) is 12.8 Å². The summed E-state index contributed by atoms with van der Waals surface area (Å²) < 4.78 is 10.7. The maximum Gasteiger partial charge on any atom is 0.231 e. The van der Waals surface area contributed by atoms with Gasteiger partial charge in [-0.1, -0.05) is 13.0 Å². The van der Waals surface area contributed by atoms with E-state index in [1.807, 2.05) is 25.1 Å². The van der Waals surface area contributed by atoms with Gasteiger partial charge in [-0.05, 0) is 31.7 Å². The Kier molecular flexibility index (Phi) is 4.78. The maximum absolute atomic E-state index is 12.9. The van der Waals surface area contributed by atoms with E-state index in [9.17, 15) is 4.79 Å². The number of H-pyrrole nitrogens is 1. The Balaban J connectivity index is 1.45. The van der Waals surface area contributed by atoms with Gasteiger partial charge in [-0.15, -0.1) is 0 Å². The van der Waals surface area contributed by atoms with Crippen LogP contribution in [0.3, 0.4) is 0 Å². The molecule has 2 aromatic rings. The SMILES string of the molecule is CCc1nc([C@@H]2CN(C)C[C@H]2C(=O)NCc2ccc3c(c2)OCO3)c(C)[nH]1. The minimum atomic E-state index is -0.101. The van der Waals surface area contributed by atoms with E-state index in [0.717, 1.165) is 53.8 Å². The van der Waals surface area contributed by atoms with Crippen molar-refractivity contribution in [3.8, 4) is 11.5 Å². The summed E-state index contributed by atoms with van der Waals surface area (Å²) in [4.78, 5) is 23.2. The van der Waals surface area contributed by atoms with Gasteiger partial charge in [-0.3, -0.25) is 4.79 Å². The number of hydrogen-bond acceptors (Lipinski definition) is 5. The van der Waals surface area contributed by atoms with E-state index >= 15 is 0 Å². The molecular weight excluding hydrogens is 344 g/mol. The highest BCUT2D eigenvalue weighted by molar-refractivity contribution is 5.80. The first kappa shape index (κ1) is 17.9. The number of amides is 1. The number of aromatic nitrogens is 2. The van der Waals surface area contributed by atoms with Crippen molar-refractivity contribution in [2.45, 2.75) is 32.7 Å². The van der Waals surface area contributed by atoms with Crippen molar-refractivity contribution in [3.05, 3.63) is 41.0 Å². The van der Waals surface area contributed by atoms with Crippen molar-refractivity contribution in [3.63, 3.8) is 0 Å². The average molecular weight is 370 g/mol. The fraction of sp³-hybridized carbons (Fsp3) is 0.500. The lowest BCUT2D eigenvalue weighted by Gasteiger charge is -2.17. The number of carbonyl (C=O) groups is 1. The molecule has 1 aromatic heterocycles. The second kappa shape index (κ2) is 7.23. The van der Waals surface area contributed by atoms with Crippen molar-refractivity contribution in [2.75, 3.05) is 26.9 Å². The molecule has 1 saturated heterocycles. The first-order chi connectivity index (χ1) is 13.0. The van der Waals surface area contributed by atoms with Crippen LogP contribution < -0.4 is 14.8 Å². The lowest BCUT2D eigenvalue weighted by molar-refractivity contribution is -0.125. The minimum absolute atomic E-state index is 0.0717. The molecule has 4 rings (SSSR count). The molecule has 7 nitrogen and oxygen atoms in total. The molecule has 1 fully saturated rings. The number of ether oxygens (including phenoxy) is 2. The lowest BCUT2D eigenvalue weighted by atomic mass is 9.91. The Labute approximate surface area is 159 Å². The molecule has 0 bridgehead atoms. The van der Waals surface area contributed by atoms with Crippen molar-refractivity contribution < 1.29 is 14.3 Å². The Hall–Kier alpha value is -2.54. The number of likely N-dealkylation sites (tertiary alicyclic amines) is 1. The van der Waals surface area contributed by atoms with E-state index in [2.05, 4.69) is 29.2 Å². The van der Waals surface area contributed by atoms with Gasteiger partial charge in [0.2, 0.25) is 12.7 Å². The standard InChI is InChI=1S/C20H26N4O3/c1-4-18-22-12(2)19(23-18)14-9-24(3)10-15(14)20(25)21-8-13-5-6-16-17(7-13)27-11-26-16/h5-7,14-15H,4,8-11H2,1-3H3,(H,21,25)(H,22,23)/t14-,15-/m1/s1. The Bertz CT molecular complexity index is 848. The van der Waals surface area contributed by atoms with Crippen LogP contribution in [0.15, 0.2) is 18.2 Å². The lowest BCUT2D eigenvalue weighted by Crippen LogP contribution is -2.34. The van der Waals surface area contributed by atoms with Crippen LogP contribution in [0.5, 0.6) is 11.5 Å². The fourth-order valence-corrected chi connectivity index (χ4v) is 3.98. The zero-order chi connectivity index (χ0) is 19.0. The Morgan fingerprint density at radius 1 is 1.33 bits per heavy atom. The van der Waals surface area contributed by atoms with E-state index in [0.29, 0.717) is 6.54 Å². The number of fused-ring (bicyclic) bond motifs is 1. The van der Waals surface area contributed by atoms with Gasteiger partial charge in [0.25, 0.3) is 0 Å². The summed E-state index contributed by atoms with van der Waals surface area (Å²) >= 11 is 0. The van der Waals surface area contributed by atoms with Crippen molar-refractivity contribution in [1.29, 1.82) is 0 Å². The topological polar surface area (TPSA) is 79.5 Å². The van der Waals surface area contributed by atoms with Crippen LogP contribution in [0.25, 0.3) is 0 Å². The number of aromatic amines is 1. The average Bonchev–Trinajstić information content (AvgIpc) is 3.36. The number of rotatable bonds is 5. The highest BCUT2D eigenvalue weighted by Gasteiger charge is 2.39. The van der Waals surface area contributed by atoms with Gasteiger partial charge in [0.05, 0.1) is 11.6 Å². The molecule has 27 heavy (non-hydrogen) atoms. The van der Waals surface area contributed by atoms with Crippen LogP contribution in [0.4, 0.5) is 0 Å². The van der Waals surface area contributed by atoms with Gasteiger partial charge in [0.15, 0.2) is 11.5 Å². The number of aryl methyl sites for hydroxylation is 2. The van der Waals surface area contributed by atoms with Crippen LogP contribution in [0.1, 0.15) is 35.6 Å². The van der Waals surface area contributed by atoms with E-state index in [4.69, 9.17) is 14.5 Å². The normalized spacial score (nSPS) is 21.6. The number of nitrogens with zero attached hydrogens (tertiary/aromatic N) is 2. The molecule has 3 heterocycles. The molecule has 0 saturated carbocycles. The van der Waals surface area contributed by atoms with Crippen LogP contribution in [-0.2, 0) is 17.8 Å². The van der Waals surface area contributed by atoms with Gasteiger partial charge in [0, 0.05) is 37.7 Å². The van der Waals surface area contributed by atoms with Crippen LogP contribution >= 0.6 is 0 Å². The maximum atomic E-state index is 12.9. The zero-order valence-electron chi connectivity index (χ0n) is 16.0. The van der Waals surface area contributed by atoms with E-state index < -0.39 is 0 Å². The second-order valence-electron chi connectivity index (χ2n) is 7.39. The quantitative estimate of drug-likeness (QED) is 0.841. The minimum Gasteiger partial charge on any atom is -0.454 e. The third kappa shape index (κ3) is 3.51. The first-order valence-electron chi connectivity index (χ1n) is 9.45. The molecule has 0 radical (unpaired) electrons.